The molecule has 0 fully saturated rings. The highest BCUT2D eigenvalue weighted by Crippen LogP contribution is 2.23. The van der Waals surface area contributed by atoms with Gasteiger partial charge in [0.1, 0.15) is 11.4 Å². The summed E-state index contributed by atoms with van der Waals surface area (Å²) >= 11 is 0. The Labute approximate surface area is 189 Å². The number of H-pyrrole nitrogens is 1. The second-order valence-electron chi connectivity index (χ2n) is 7.48. The Morgan fingerprint density at radius 2 is 1.91 bits per heavy atom. The van der Waals surface area contributed by atoms with Gasteiger partial charge in [0, 0.05) is 29.8 Å². The van der Waals surface area contributed by atoms with Gasteiger partial charge in [0.2, 0.25) is 0 Å². The standard InChI is InChI=1S/C24H24N4O5/c1-3-28(14-21-26-19-8-6-5-7-18(19)23(30)27-21)13-15-11-22(29)33-20-12-16(9-10-17(15)20)25-24(31)32-4-2/h5-12H,3-4,13-14H2,1-2H3,(H,25,31)(H,26,27,30). The zero-order valence-corrected chi connectivity index (χ0v) is 18.4. The van der Waals surface area contributed by atoms with Crippen molar-refractivity contribution in [3.8, 4) is 0 Å². The molecule has 4 rings (SSSR count). The summed E-state index contributed by atoms with van der Waals surface area (Å²) in [5.41, 5.74) is 1.57. The van der Waals surface area contributed by atoms with Gasteiger partial charge in [-0.15, -0.1) is 0 Å². The van der Waals surface area contributed by atoms with Gasteiger partial charge in [0.05, 0.1) is 24.1 Å². The fraction of sp³-hybridized carbons (Fsp3) is 0.250. The Morgan fingerprint density at radius 1 is 1.09 bits per heavy atom. The number of carbonyl (C=O) groups is 1. The van der Waals surface area contributed by atoms with Crippen molar-refractivity contribution in [1.29, 1.82) is 0 Å². The van der Waals surface area contributed by atoms with E-state index < -0.39 is 11.7 Å². The number of carbonyl (C=O) groups excluding carboxylic acids is 1. The first kappa shape index (κ1) is 22.2. The fourth-order valence-electron chi connectivity index (χ4n) is 3.67. The molecule has 0 saturated carbocycles. The molecule has 33 heavy (non-hydrogen) atoms. The van der Waals surface area contributed by atoms with Crippen LogP contribution in [0.25, 0.3) is 21.9 Å². The summed E-state index contributed by atoms with van der Waals surface area (Å²) < 4.78 is 10.2. The first-order valence-corrected chi connectivity index (χ1v) is 10.7. The second kappa shape index (κ2) is 9.66. The van der Waals surface area contributed by atoms with E-state index in [1.807, 2.05) is 19.1 Å². The molecule has 0 radical (unpaired) electrons. The molecule has 0 unspecified atom stereocenters. The van der Waals surface area contributed by atoms with E-state index >= 15 is 0 Å². The zero-order valence-electron chi connectivity index (χ0n) is 18.4. The van der Waals surface area contributed by atoms with Crippen LogP contribution in [0.15, 0.2) is 62.5 Å². The van der Waals surface area contributed by atoms with Crippen LogP contribution in [-0.2, 0) is 17.8 Å². The van der Waals surface area contributed by atoms with E-state index in [1.165, 1.54) is 6.07 Å². The maximum absolute atomic E-state index is 12.4. The predicted molar refractivity (Wildman–Crippen MR) is 125 cm³/mol. The third-order valence-corrected chi connectivity index (χ3v) is 5.23. The van der Waals surface area contributed by atoms with E-state index in [2.05, 4.69) is 20.2 Å². The van der Waals surface area contributed by atoms with Gasteiger partial charge in [-0.2, -0.15) is 0 Å². The molecule has 9 heteroatoms. The van der Waals surface area contributed by atoms with Crippen molar-refractivity contribution in [2.45, 2.75) is 26.9 Å². The van der Waals surface area contributed by atoms with Crippen LogP contribution >= 0.6 is 0 Å². The number of para-hydroxylation sites is 1. The number of hydrogen-bond donors (Lipinski definition) is 2. The molecular weight excluding hydrogens is 424 g/mol. The summed E-state index contributed by atoms with van der Waals surface area (Å²) in [5, 5.41) is 3.90. The number of anilines is 1. The maximum Gasteiger partial charge on any atom is 0.411 e. The van der Waals surface area contributed by atoms with Crippen LogP contribution in [-0.4, -0.2) is 34.1 Å². The Hall–Kier alpha value is -3.98. The van der Waals surface area contributed by atoms with E-state index in [9.17, 15) is 14.4 Å². The molecule has 2 aromatic heterocycles. The lowest BCUT2D eigenvalue weighted by atomic mass is 10.1. The van der Waals surface area contributed by atoms with Crippen molar-refractivity contribution in [2.24, 2.45) is 0 Å². The van der Waals surface area contributed by atoms with Crippen molar-refractivity contribution >= 4 is 33.7 Å². The van der Waals surface area contributed by atoms with Crippen LogP contribution in [0.1, 0.15) is 25.2 Å². The van der Waals surface area contributed by atoms with Crippen LogP contribution in [0, 0.1) is 0 Å². The van der Waals surface area contributed by atoms with E-state index in [4.69, 9.17) is 9.15 Å². The number of aromatic amines is 1. The first-order chi connectivity index (χ1) is 16.0. The molecular formula is C24H24N4O5. The molecule has 1 amide bonds. The molecule has 4 aromatic rings. The highest BCUT2D eigenvalue weighted by Gasteiger charge is 2.13. The van der Waals surface area contributed by atoms with Gasteiger partial charge >= 0.3 is 11.7 Å². The third-order valence-electron chi connectivity index (χ3n) is 5.23. The smallest absolute Gasteiger partial charge is 0.411 e. The Morgan fingerprint density at radius 3 is 2.70 bits per heavy atom. The van der Waals surface area contributed by atoms with E-state index in [-0.39, 0.29) is 12.2 Å². The molecule has 0 spiro atoms. The number of aromatic nitrogens is 2. The lowest BCUT2D eigenvalue weighted by Crippen LogP contribution is -2.26. The number of nitrogens with zero attached hydrogens (tertiary/aromatic N) is 2. The van der Waals surface area contributed by atoms with Gasteiger partial charge in [-0.1, -0.05) is 19.1 Å². The minimum Gasteiger partial charge on any atom is -0.450 e. The summed E-state index contributed by atoms with van der Waals surface area (Å²) in [4.78, 5) is 45.8. The largest absolute Gasteiger partial charge is 0.450 e. The normalized spacial score (nSPS) is 11.2. The number of amides is 1. The zero-order chi connectivity index (χ0) is 23.4. The van der Waals surface area contributed by atoms with Gasteiger partial charge in [-0.25, -0.2) is 14.6 Å². The molecule has 0 atom stereocenters. The molecule has 2 aromatic carbocycles. The molecule has 2 N–H and O–H groups in total. The van der Waals surface area contributed by atoms with E-state index in [1.54, 1.807) is 37.3 Å². The lowest BCUT2D eigenvalue weighted by Gasteiger charge is -2.20. The third kappa shape index (κ3) is 5.09. The summed E-state index contributed by atoms with van der Waals surface area (Å²) in [6.07, 6.45) is -0.579. The summed E-state index contributed by atoms with van der Waals surface area (Å²) in [6, 6.07) is 13.8. The highest BCUT2D eigenvalue weighted by atomic mass is 16.5. The monoisotopic (exact) mass is 448 g/mol. The molecule has 0 aliphatic heterocycles. The van der Waals surface area contributed by atoms with Crippen molar-refractivity contribution in [2.75, 3.05) is 18.5 Å². The van der Waals surface area contributed by atoms with Crippen LogP contribution in [0.2, 0.25) is 0 Å². The van der Waals surface area contributed by atoms with Crippen molar-refractivity contribution in [1.82, 2.24) is 14.9 Å². The number of benzene rings is 2. The SMILES string of the molecule is CCOC(=O)Nc1ccc2c(CN(CC)Cc3nc4ccccc4c(=O)[nH]3)cc(=O)oc2c1. The summed E-state index contributed by atoms with van der Waals surface area (Å²) in [7, 11) is 0. The second-order valence-corrected chi connectivity index (χ2v) is 7.48. The molecule has 170 valence electrons. The van der Waals surface area contributed by atoms with E-state index in [0.717, 1.165) is 10.9 Å². The minimum absolute atomic E-state index is 0.181. The fourth-order valence-corrected chi connectivity index (χ4v) is 3.67. The molecule has 0 saturated heterocycles. The van der Waals surface area contributed by atoms with Gasteiger partial charge < -0.3 is 14.1 Å². The summed E-state index contributed by atoms with van der Waals surface area (Å²) in [5.74, 6) is 0.550. The Kier molecular flexibility index (Phi) is 6.50. The number of fused-ring (bicyclic) bond motifs is 2. The summed E-state index contributed by atoms with van der Waals surface area (Å²) in [6.45, 7) is 5.48. The topological polar surface area (TPSA) is 118 Å². The van der Waals surface area contributed by atoms with E-state index in [0.29, 0.717) is 47.6 Å². The van der Waals surface area contributed by atoms with Crippen molar-refractivity contribution in [3.63, 3.8) is 0 Å². The van der Waals surface area contributed by atoms with Gasteiger partial charge in [0.25, 0.3) is 5.56 Å². The molecule has 2 heterocycles. The quantitative estimate of drug-likeness (QED) is 0.415. The van der Waals surface area contributed by atoms with Crippen LogP contribution < -0.4 is 16.5 Å². The minimum atomic E-state index is -0.579. The molecule has 0 aliphatic carbocycles. The van der Waals surface area contributed by atoms with Crippen LogP contribution in [0.4, 0.5) is 10.5 Å². The number of nitrogens with one attached hydrogen (secondary N) is 2. The first-order valence-electron chi connectivity index (χ1n) is 10.7. The Balaban J connectivity index is 1.60. The average molecular weight is 448 g/mol. The number of ether oxygens (including phenoxy) is 1. The molecule has 0 bridgehead atoms. The molecule has 0 aliphatic rings. The molecule has 9 nitrogen and oxygen atoms in total. The van der Waals surface area contributed by atoms with Crippen molar-refractivity contribution < 1.29 is 13.9 Å². The number of rotatable bonds is 7. The Bertz CT molecular complexity index is 1430. The van der Waals surface area contributed by atoms with Crippen LogP contribution in [0.5, 0.6) is 0 Å². The van der Waals surface area contributed by atoms with Gasteiger partial charge in [0.15, 0.2) is 0 Å². The van der Waals surface area contributed by atoms with Crippen molar-refractivity contribution in [3.05, 3.63) is 80.7 Å². The predicted octanol–water partition coefficient (Wildman–Crippen LogP) is 3.62. The van der Waals surface area contributed by atoms with Gasteiger partial charge in [-0.3, -0.25) is 15.0 Å². The average Bonchev–Trinajstić information content (AvgIpc) is 2.78. The van der Waals surface area contributed by atoms with Crippen LogP contribution in [0.3, 0.4) is 0 Å². The highest BCUT2D eigenvalue weighted by molar-refractivity contribution is 5.90. The maximum atomic E-state index is 12.4. The number of hydrogen-bond acceptors (Lipinski definition) is 7. The lowest BCUT2D eigenvalue weighted by molar-refractivity contribution is 0.168. The van der Waals surface area contributed by atoms with Gasteiger partial charge in [-0.05, 0) is 43.3 Å².